The minimum atomic E-state index is -0.134. The Labute approximate surface area is 255 Å². The summed E-state index contributed by atoms with van der Waals surface area (Å²) in [5, 5.41) is 3.17. The van der Waals surface area contributed by atoms with Crippen LogP contribution in [0.1, 0.15) is 95.1 Å². The molecule has 1 N–H and O–H groups in total. The van der Waals surface area contributed by atoms with E-state index in [-0.39, 0.29) is 17.9 Å². The van der Waals surface area contributed by atoms with E-state index in [1.807, 2.05) is 32.0 Å². The zero-order valence-electron chi connectivity index (χ0n) is 26.4. The predicted molar refractivity (Wildman–Crippen MR) is 178 cm³/mol. The lowest BCUT2D eigenvalue weighted by molar-refractivity contribution is -0.144. The van der Waals surface area contributed by atoms with Crippen molar-refractivity contribution in [1.82, 2.24) is 4.90 Å². The maximum Gasteiger partial charge on any atom is 0.305 e. The Morgan fingerprint density at radius 1 is 0.857 bits per heavy atom. The number of ether oxygens (including phenoxy) is 1. The SMILES string of the molecule is CC/C=C\C/C=C\C/C=C\C/C=C\C/C=C\CCCC(=O)OCCCN1CCCCC1C(=O)Nc1c(C)cccc1C. The number of carbonyl (C=O) groups excluding carboxylic acids is 2. The molecule has 1 aliphatic rings. The molecule has 5 nitrogen and oxygen atoms in total. The van der Waals surface area contributed by atoms with E-state index < -0.39 is 0 Å². The van der Waals surface area contributed by atoms with Gasteiger partial charge in [0.1, 0.15) is 0 Å². The summed E-state index contributed by atoms with van der Waals surface area (Å²) >= 11 is 0. The summed E-state index contributed by atoms with van der Waals surface area (Å²) in [7, 11) is 0. The molecule has 0 saturated carbocycles. The standard InChI is InChI=1S/C37H54N2O3/c1-4-5-6-7-8-9-10-11-12-13-14-15-16-17-18-19-20-28-35(40)42-31-24-30-39-29-22-21-27-34(39)37(41)38-36-32(2)25-23-26-33(36)3/h5-6,8-9,11-12,14-15,17-18,23,25-26,34H,4,7,10,13,16,19-22,24,27-31H2,1-3H3,(H,38,41)/b6-5-,9-8-,12-11-,15-14-,18-17-. The van der Waals surface area contributed by atoms with Crippen molar-refractivity contribution in [2.24, 2.45) is 0 Å². The number of anilines is 1. The molecule has 0 spiro atoms. The van der Waals surface area contributed by atoms with Crippen LogP contribution < -0.4 is 5.32 Å². The molecule has 1 fully saturated rings. The third-order valence-electron chi connectivity index (χ3n) is 7.41. The van der Waals surface area contributed by atoms with Gasteiger partial charge < -0.3 is 10.1 Å². The first kappa shape index (κ1) is 35.0. The van der Waals surface area contributed by atoms with Crippen LogP contribution in [-0.2, 0) is 14.3 Å². The van der Waals surface area contributed by atoms with Gasteiger partial charge in [-0.1, -0.05) is 92.3 Å². The number of nitrogens with zero attached hydrogens (tertiary/aromatic N) is 1. The maximum atomic E-state index is 13.1. The summed E-state index contributed by atoms with van der Waals surface area (Å²) in [5.41, 5.74) is 3.09. The first-order valence-corrected chi connectivity index (χ1v) is 16.0. The van der Waals surface area contributed by atoms with Crippen LogP contribution in [0, 0.1) is 13.8 Å². The van der Waals surface area contributed by atoms with Gasteiger partial charge in [0.15, 0.2) is 0 Å². The average Bonchev–Trinajstić information content (AvgIpc) is 2.99. The van der Waals surface area contributed by atoms with Crippen LogP contribution in [0.2, 0.25) is 0 Å². The number of piperidine rings is 1. The van der Waals surface area contributed by atoms with E-state index in [4.69, 9.17) is 4.74 Å². The lowest BCUT2D eigenvalue weighted by Crippen LogP contribution is -2.47. The molecule has 1 aromatic rings. The number of nitrogens with one attached hydrogen (secondary N) is 1. The van der Waals surface area contributed by atoms with Crippen molar-refractivity contribution in [3.63, 3.8) is 0 Å². The topological polar surface area (TPSA) is 58.6 Å². The minimum absolute atomic E-state index is 0.0686. The van der Waals surface area contributed by atoms with E-state index in [2.05, 4.69) is 77.9 Å². The average molecular weight is 575 g/mol. The molecule has 5 heteroatoms. The highest BCUT2D eigenvalue weighted by Crippen LogP contribution is 2.23. The molecule has 42 heavy (non-hydrogen) atoms. The Kier molecular flexibility index (Phi) is 18.7. The molecule has 1 unspecified atom stereocenters. The number of hydrogen-bond donors (Lipinski definition) is 1. The van der Waals surface area contributed by atoms with Gasteiger partial charge in [-0.25, -0.2) is 0 Å². The van der Waals surface area contributed by atoms with Crippen LogP contribution in [0.25, 0.3) is 0 Å². The fourth-order valence-corrected chi connectivity index (χ4v) is 5.03. The number of carbonyl (C=O) groups is 2. The lowest BCUT2D eigenvalue weighted by Gasteiger charge is -2.34. The largest absolute Gasteiger partial charge is 0.466 e. The molecule has 0 bridgehead atoms. The third kappa shape index (κ3) is 15.2. The molecule has 1 atom stereocenters. The van der Waals surface area contributed by atoms with Crippen molar-refractivity contribution in [1.29, 1.82) is 0 Å². The van der Waals surface area contributed by atoms with Gasteiger partial charge in [0, 0.05) is 18.7 Å². The number of allylic oxidation sites excluding steroid dienone is 10. The number of aryl methyl sites for hydroxylation is 2. The van der Waals surface area contributed by atoms with Crippen LogP contribution in [0.5, 0.6) is 0 Å². The highest BCUT2D eigenvalue weighted by Gasteiger charge is 2.28. The van der Waals surface area contributed by atoms with Crippen LogP contribution in [0.3, 0.4) is 0 Å². The fraction of sp³-hybridized carbons (Fsp3) is 0.514. The fourth-order valence-electron chi connectivity index (χ4n) is 5.03. The second-order valence-electron chi connectivity index (χ2n) is 11.0. The summed E-state index contributed by atoms with van der Waals surface area (Å²) in [6.45, 7) is 8.28. The minimum Gasteiger partial charge on any atom is -0.466 e. The Morgan fingerprint density at radius 2 is 1.45 bits per heavy atom. The van der Waals surface area contributed by atoms with Crippen molar-refractivity contribution >= 4 is 17.6 Å². The zero-order valence-corrected chi connectivity index (χ0v) is 26.4. The highest BCUT2D eigenvalue weighted by molar-refractivity contribution is 5.96. The van der Waals surface area contributed by atoms with Gasteiger partial charge in [0.25, 0.3) is 0 Å². The van der Waals surface area contributed by atoms with E-state index in [0.717, 1.165) is 101 Å². The van der Waals surface area contributed by atoms with Crippen LogP contribution >= 0.6 is 0 Å². The number of rotatable bonds is 19. The van der Waals surface area contributed by atoms with Gasteiger partial charge in [-0.2, -0.15) is 0 Å². The van der Waals surface area contributed by atoms with Gasteiger partial charge >= 0.3 is 5.97 Å². The molecule has 1 amide bonds. The lowest BCUT2D eigenvalue weighted by atomic mass is 10.0. The Hall–Kier alpha value is -3.18. The number of likely N-dealkylation sites (tertiary alicyclic amines) is 1. The Balaban J connectivity index is 1.52. The van der Waals surface area contributed by atoms with E-state index in [0.29, 0.717) is 13.0 Å². The van der Waals surface area contributed by atoms with Gasteiger partial charge in [-0.05, 0) is 95.7 Å². The van der Waals surface area contributed by atoms with Gasteiger partial charge in [-0.15, -0.1) is 0 Å². The molecular formula is C37H54N2O3. The van der Waals surface area contributed by atoms with Crippen molar-refractivity contribution in [2.75, 3.05) is 25.0 Å². The quantitative estimate of drug-likeness (QED) is 0.102. The molecule has 2 rings (SSSR count). The van der Waals surface area contributed by atoms with Crippen molar-refractivity contribution in [3.05, 3.63) is 90.1 Å². The van der Waals surface area contributed by atoms with E-state index in [1.54, 1.807) is 0 Å². The third-order valence-corrected chi connectivity index (χ3v) is 7.41. The molecule has 0 radical (unpaired) electrons. The summed E-state index contributed by atoms with van der Waals surface area (Å²) in [6, 6.07) is 5.94. The Morgan fingerprint density at radius 3 is 2.07 bits per heavy atom. The van der Waals surface area contributed by atoms with Gasteiger partial charge in [-0.3, -0.25) is 14.5 Å². The van der Waals surface area contributed by atoms with Crippen molar-refractivity contribution < 1.29 is 14.3 Å². The molecule has 0 aromatic heterocycles. The van der Waals surface area contributed by atoms with Crippen LogP contribution in [0.15, 0.2) is 79.0 Å². The molecule has 1 aliphatic heterocycles. The number of hydrogen-bond acceptors (Lipinski definition) is 4. The normalized spacial score (nSPS) is 16.5. The number of benzene rings is 1. The number of para-hydroxylation sites is 1. The zero-order chi connectivity index (χ0) is 30.3. The van der Waals surface area contributed by atoms with Gasteiger partial charge in [0.2, 0.25) is 5.91 Å². The van der Waals surface area contributed by atoms with Crippen LogP contribution in [-0.4, -0.2) is 42.5 Å². The molecule has 1 aromatic carbocycles. The van der Waals surface area contributed by atoms with E-state index >= 15 is 0 Å². The summed E-state index contributed by atoms with van der Waals surface area (Å²) in [4.78, 5) is 27.5. The summed E-state index contributed by atoms with van der Waals surface area (Å²) < 4.78 is 5.47. The smallest absolute Gasteiger partial charge is 0.305 e. The number of esters is 1. The predicted octanol–water partition coefficient (Wildman–Crippen LogP) is 8.95. The Bertz CT molecular complexity index is 1050. The summed E-state index contributed by atoms with van der Waals surface area (Å²) in [6.07, 6.45) is 32.8. The molecular weight excluding hydrogens is 520 g/mol. The number of amides is 1. The number of unbranched alkanes of at least 4 members (excludes halogenated alkanes) is 1. The van der Waals surface area contributed by atoms with E-state index in [1.165, 1.54) is 0 Å². The first-order chi connectivity index (χ1) is 20.5. The summed E-state index contributed by atoms with van der Waals surface area (Å²) in [5.74, 6) is -0.0653. The first-order valence-electron chi connectivity index (χ1n) is 16.0. The second-order valence-corrected chi connectivity index (χ2v) is 11.0. The maximum absolute atomic E-state index is 13.1. The molecule has 1 heterocycles. The van der Waals surface area contributed by atoms with Crippen LogP contribution in [0.4, 0.5) is 5.69 Å². The second kappa shape index (κ2) is 22.4. The monoisotopic (exact) mass is 574 g/mol. The molecule has 1 saturated heterocycles. The van der Waals surface area contributed by atoms with E-state index in [9.17, 15) is 9.59 Å². The van der Waals surface area contributed by atoms with Crippen molar-refractivity contribution in [2.45, 2.75) is 104 Å². The highest BCUT2D eigenvalue weighted by atomic mass is 16.5. The van der Waals surface area contributed by atoms with Crippen molar-refractivity contribution in [3.8, 4) is 0 Å². The van der Waals surface area contributed by atoms with Gasteiger partial charge in [0.05, 0.1) is 12.6 Å². The molecule has 0 aliphatic carbocycles. The molecule has 230 valence electrons.